The minimum atomic E-state index is 0.924. The van der Waals surface area contributed by atoms with Gasteiger partial charge in [-0.15, -0.1) is 0 Å². The summed E-state index contributed by atoms with van der Waals surface area (Å²) in [6.45, 7) is 5.71. The first-order chi connectivity index (χ1) is 6.83. The lowest BCUT2D eigenvalue weighted by Crippen LogP contribution is -1.73. The summed E-state index contributed by atoms with van der Waals surface area (Å²) in [7, 11) is 0. The first-order valence-corrected chi connectivity index (χ1v) is 4.68. The van der Waals surface area contributed by atoms with E-state index in [9.17, 15) is 0 Å². The molecule has 72 valence electrons. The van der Waals surface area contributed by atoms with Crippen LogP contribution in [0, 0.1) is 0 Å². The number of pyridine rings is 1. The first kappa shape index (κ1) is 10.5. The molecular formula is C13H15N. The van der Waals surface area contributed by atoms with Gasteiger partial charge < -0.3 is 0 Å². The van der Waals surface area contributed by atoms with Gasteiger partial charge in [0.15, 0.2) is 0 Å². The van der Waals surface area contributed by atoms with Crippen molar-refractivity contribution in [1.82, 2.24) is 4.98 Å². The van der Waals surface area contributed by atoms with E-state index in [1.807, 2.05) is 18.2 Å². The summed E-state index contributed by atoms with van der Waals surface area (Å²) in [6.07, 6.45) is 11.0. The van der Waals surface area contributed by atoms with Crippen molar-refractivity contribution in [3.8, 4) is 0 Å². The number of aromatic nitrogens is 1. The molecule has 0 radical (unpaired) electrons. The Hall–Kier alpha value is -1.63. The molecule has 0 saturated heterocycles. The van der Waals surface area contributed by atoms with E-state index in [0.29, 0.717) is 0 Å². The Morgan fingerprint density at radius 1 is 1.43 bits per heavy atom. The fraction of sp³-hybridized carbons (Fsp3) is 0.154. The predicted octanol–water partition coefficient (Wildman–Crippen LogP) is 3.62. The molecule has 1 aliphatic rings. The zero-order valence-electron chi connectivity index (χ0n) is 8.48. The van der Waals surface area contributed by atoms with Crippen molar-refractivity contribution >= 4 is 6.08 Å². The Balaban J connectivity index is 0.000000146. The van der Waals surface area contributed by atoms with Crippen molar-refractivity contribution in [1.29, 1.82) is 0 Å². The maximum Gasteiger partial charge on any atom is 0.0623 e. The average molecular weight is 185 g/mol. The third-order valence-electron chi connectivity index (χ3n) is 1.85. The molecule has 0 aromatic carbocycles. The molecule has 0 fully saturated rings. The lowest BCUT2D eigenvalue weighted by molar-refractivity contribution is 1.25. The molecule has 1 nitrogen and oxygen atoms in total. The van der Waals surface area contributed by atoms with E-state index in [2.05, 4.69) is 36.7 Å². The summed E-state index contributed by atoms with van der Waals surface area (Å²) in [6, 6.07) is 5.73. The third kappa shape index (κ3) is 3.85. The van der Waals surface area contributed by atoms with Crippen LogP contribution in [-0.4, -0.2) is 4.98 Å². The smallest absolute Gasteiger partial charge is 0.0623 e. The molecule has 0 saturated carbocycles. The third-order valence-corrected chi connectivity index (χ3v) is 1.85. The quantitative estimate of drug-likeness (QED) is 0.651. The van der Waals surface area contributed by atoms with Gasteiger partial charge in [0.1, 0.15) is 0 Å². The first-order valence-electron chi connectivity index (χ1n) is 4.68. The molecule has 1 heteroatoms. The standard InChI is InChI=1S/C7H7N.C6H8/c1-2-7-5-3-4-6-8-7;1-6-4-2-3-5-6/h2-6H,1H2;2-4H,5H2,1H3. The summed E-state index contributed by atoms with van der Waals surface area (Å²) in [5.41, 5.74) is 2.39. The Morgan fingerprint density at radius 2 is 2.29 bits per heavy atom. The largest absolute Gasteiger partial charge is 0.257 e. The van der Waals surface area contributed by atoms with Gasteiger partial charge in [0.05, 0.1) is 5.69 Å². The number of allylic oxidation sites excluding steroid dienone is 4. The van der Waals surface area contributed by atoms with Crippen LogP contribution in [0.3, 0.4) is 0 Å². The van der Waals surface area contributed by atoms with Gasteiger partial charge in [0.2, 0.25) is 0 Å². The lowest BCUT2D eigenvalue weighted by atomic mass is 10.3. The van der Waals surface area contributed by atoms with E-state index in [1.54, 1.807) is 12.3 Å². The van der Waals surface area contributed by atoms with Gasteiger partial charge in [-0.2, -0.15) is 0 Å². The average Bonchev–Trinajstić information content (AvgIpc) is 2.71. The molecule has 1 aromatic heterocycles. The van der Waals surface area contributed by atoms with Crippen LogP contribution in [0.4, 0.5) is 0 Å². The van der Waals surface area contributed by atoms with Gasteiger partial charge >= 0.3 is 0 Å². The predicted molar refractivity (Wildman–Crippen MR) is 61.8 cm³/mol. The van der Waals surface area contributed by atoms with Gasteiger partial charge in [0.25, 0.3) is 0 Å². The maximum absolute atomic E-state index is 3.98. The highest BCUT2D eigenvalue weighted by Gasteiger charge is 1.86. The SMILES string of the molecule is C=Cc1ccccn1.CC1=CC=CC1. The molecule has 0 aliphatic heterocycles. The van der Waals surface area contributed by atoms with Crippen LogP contribution in [0.2, 0.25) is 0 Å². The van der Waals surface area contributed by atoms with Crippen LogP contribution in [0.1, 0.15) is 19.0 Å². The van der Waals surface area contributed by atoms with Gasteiger partial charge in [-0.25, -0.2) is 0 Å². The molecule has 1 aliphatic carbocycles. The van der Waals surface area contributed by atoms with Gasteiger partial charge in [-0.05, 0) is 31.6 Å². The minimum absolute atomic E-state index is 0.924. The van der Waals surface area contributed by atoms with Crippen LogP contribution >= 0.6 is 0 Å². The molecule has 0 atom stereocenters. The number of rotatable bonds is 1. The van der Waals surface area contributed by atoms with E-state index in [-0.39, 0.29) is 0 Å². The zero-order chi connectivity index (χ0) is 10.2. The van der Waals surface area contributed by atoms with Crippen LogP contribution in [0.15, 0.2) is 54.8 Å². The highest BCUT2D eigenvalue weighted by atomic mass is 14.6. The second-order valence-electron chi connectivity index (χ2n) is 3.10. The fourth-order valence-corrected chi connectivity index (χ4v) is 1.05. The maximum atomic E-state index is 3.98. The molecule has 0 amide bonds. The van der Waals surface area contributed by atoms with Crippen LogP contribution in [0.25, 0.3) is 6.08 Å². The Labute approximate surface area is 85.5 Å². The Bertz CT molecular complexity index is 334. The molecule has 1 heterocycles. The zero-order valence-corrected chi connectivity index (χ0v) is 8.48. The molecule has 1 aromatic rings. The summed E-state index contributed by atoms with van der Waals surface area (Å²) in [4.78, 5) is 3.98. The van der Waals surface area contributed by atoms with Crippen molar-refractivity contribution in [2.24, 2.45) is 0 Å². The lowest BCUT2D eigenvalue weighted by Gasteiger charge is -1.84. The Morgan fingerprint density at radius 3 is 2.57 bits per heavy atom. The monoisotopic (exact) mass is 185 g/mol. The summed E-state index contributed by atoms with van der Waals surface area (Å²) in [5, 5.41) is 0. The van der Waals surface area contributed by atoms with E-state index in [1.165, 1.54) is 12.0 Å². The summed E-state index contributed by atoms with van der Waals surface area (Å²) < 4.78 is 0. The van der Waals surface area contributed by atoms with Crippen LogP contribution in [0.5, 0.6) is 0 Å². The van der Waals surface area contributed by atoms with Gasteiger partial charge in [-0.3, -0.25) is 4.98 Å². The molecule has 0 spiro atoms. The molecule has 2 rings (SSSR count). The fourth-order valence-electron chi connectivity index (χ4n) is 1.05. The molecule has 0 N–H and O–H groups in total. The van der Waals surface area contributed by atoms with E-state index >= 15 is 0 Å². The van der Waals surface area contributed by atoms with Crippen LogP contribution in [-0.2, 0) is 0 Å². The molecule has 14 heavy (non-hydrogen) atoms. The second kappa shape index (κ2) is 5.92. The van der Waals surface area contributed by atoms with Gasteiger partial charge in [-0.1, -0.05) is 36.4 Å². The number of hydrogen-bond donors (Lipinski definition) is 0. The summed E-state index contributed by atoms with van der Waals surface area (Å²) in [5.74, 6) is 0. The number of nitrogens with zero attached hydrogens (tertiary/aromatic N) is 1. The van der Waals surface area contributed by atoms with E-state index in [0.717, 1.165) is 5.69 Å². The van der Waals surface area contributed by atoms with E-state index in [4.69, 9.17) is 0 Å². The molecular weight excluding hydrogens is 170 g/mol. The van der Waals surface area contributed by atoms with Crippen molar-refractivity contribution in [2.75, 3.05) is 0 Å². The van der Waals surface area contributed by atoms with Crippen molar-refractivity contribution in [3.63, 3.8) is 0 Å². The molecule has 0 unspecified atom stereocenters. The van der Waals surface area contributed by atoms with Crippen molar-refractivity contribution in [3.05, 3.63) is 60.5 Å². The normalized spacial score (nSPS) is 12.8. The molecule has 0 bridgehead atoms. The minimum Gasteiger partial charge on any atom is -0.257 e. The number of hydrogen-bond acceptors (Lipinski definition) is 1. The second-order valence-corrected chi connectivity index (χ2v) is 3.10. The van der Waals surface area contributed by atoms with Crippen LogP contribution < -0.4 is 0 Å². The van der Waals surface area contributed by atoms with E-state index < -0.39 is 0 Å². The highest BCUT2D eigenvalue weighted by Crippen LogP contribution is 2.06. The summed E-state index contributed by atoms with van der Waals surface area (Å²) >= 11 is 0. The van der Waals surface area contributed by atoms with Crippen molar-refractivity contribution < 1.29 is 0 Å². The Kier molecular flexibility index (Phi) is 4.42. The van der Waals surface area contributed by atoms with Gasteiger partial charge in [0, 0.05) is 6.20 Å². The highest BCUT2D eigenvalue weighted by molar-refractivity contribution is 5.40. The topological polar surface area (TPSA) is 12.9 Å². The van der Waals surface area contributed by atoms with Crippen molar-refractivity contribution in [2.45, 2.75) is 13.3 Å².